The Balaban J connectivity index is 1.99. The largest absolute Gasteiger partial charge is 0.497 e. The van der Waals surface area contributed by atoms with E-state index in [0.717, 1.165) is 34.0 Å². The minimum atomic E-state index is 0.235. The molecule has 0 atom stereocenters. The van der Waals surface area contributed by atoms with Crippen molar-refractivity contribution in [2.24, 2.45) is 0 Å². The van der Waals surface area contributed by atoms with Gasteiger partial charge < -0.3 is 15.2 Å². The van der Waals surface area contributed by atoms with Crippen LogP contribution in [0.4, 0.5) is 5.95 Å². The van der Waals surface area contributed by atoms with Crippen molar-refractivity contribution < 1.29 is 9.47 Å². The van der Waals surface area contributed by atoms with Gasteiger partial charge in [0, 0.05) is 11.1 Å². The third-order valence-electron chi connectivity index (χ3n) is 3.57. The number of hydrogen-bond donors (Lipinski definition) is 1. The van der Waals surface area contributed by atoms with Crippen LogP contribution in [0.1, 0.15) is 6.92 Å². The minimum absolute atomic E-state index is 0.235. The van der Waals surface area contributed by atoms with Crippen LogP contribution in [0.5, 0.6) is 11.5 Å². The first kappa shape index (κ1) is 15.8. The van der Waals surface area contributed by atoms with Crippen LogP contribution in [0.3, 0.4) is 0 Å². The van der Waals surface area contributed by atoms with Crippen molar-refractivity contribution in [3.8, 4) is 34.0 Å². The first-order valence-corrected chi connectivity index (χ1v) is 7.72. The van der Waals surface area contributed by atoms with Gasteiger partial charge in [-0.2, -0.15) is 0 Å². The highest BCUT2D eigenvalue weighted by Crippen LogP contribution is 2.27. The van der Waals surface area contributed by atoms with Crippen LogP contribution in [0.15, 0.2) is 54.6 Å². The van der Waals surface area contributed by atoms with Crippen molar-refractivity contribution in [3.05, 3.63) is 54.6 Å². The second kappa shape index (κ2) is 7.00. The molecule has 3 rings (SSSR count). The molecule has 0 fully saturated rings. The van der Waals surface area contributed by atoms with Gasteiger partial charge in [0.05, 0.1) is 25.1 Å². The number of rotatable bonds is 5. The predicted molar refractivity (Wildman–Crippen MR) is 95.0 cm³/mol. The monoisotopic (exact) mass is 321 g/mol. The summed E-state index contributed by atoms with van der Waals surface area (Å²) in [5.74, 6) is 1.84. The molecule has 2 N–H and O–H groups in total. The number of anilines is 1. The normalized spacial score (nSPS) is 10.4. The number of aromatic nitrogens is 2. The van der Waals surface area contributed by atoms with Gasteiger partial charge in [0.15, 0.2) is 0 Å². The van der Waals surface area contributed by atoms with Crippen LogP contribution >= 0.6 is 0 Å². The molecule has 1 heterocycles. The van der Waals surface area contributed by atoms with E-state index in [1.807, 2.05) is 61.5 Å². The van der Waals surface area contributed by atoms with Crippen LogP contribution < -0.4 is 15.2 Å². The molecular formula is C19H19N3O2. The molecule has 5 heteroatoms. The maximum Gasteiger partial charge on any atom is 0.221 e. The summed E-state index contributed by atoms with van der Waals surface area (Å²) in [6.07, 6.45) is 0. The number of benzene rings is 2. The van der Waals surface area contributed by atoms with E-state index in [9.17, 15) is 0 Å². The zero-order valence-electron chi connectivity index (χ0n) is 13.7. The smallest absolute Gasteiger partial charge is 0.221 e. The van der Waals surface area contributed by atoms with Crippen molar-refractivity contribution in [3.63, 3.8) is 0 Å². The Labute approximate surface area is 141 Å². The van der Waals surface area contributed by atoms with Gasteiger partial charge in [0.25, 0.3) is 0 Å². The van der Waals surface area contributed by atoms with Crippen molar-refractivity contribution in [1.82, 2.24) is 9.97 Å². The average molecular weight is 321 g/mol. The molecule has 0 bridgehead atoms. The lowest BCUT2D eigenvalue weighted by Gasteiger charge is -2.08. The summed E-state index contributed by atoms with van der Waals surface area (Å²) in [7, 11) is 1.64. The number of hydrogen-bond acceptors (Lipinski definition) is 5. The number of nitrogens with two attached hydrogens (primary N) is 1. The van der Waals surface area contributed by atoms with E-state index < -0.39 is 0 Å². The minimum Gasteiger partial charge on any atom is -0.497 e. The SMILES string of the molecule is CCOc1ccc(-c2cc(-c3cccc(OC)c3)nc(N)n2)cc1. The lowest BCUT2D eigenvalue weighted by Crippen LogP contribution is -1.99. The quantitative estimate of drug-likeness (QED) is 0.774. The first-order chi connectivity index (χ1) is 11.7. The first-order valence-electron chi connectivity index (χ1n) is 7.72. The topological polar surface area (TPSA) is 70.3 Å². The molecule has 24 heavy (non-hydrogen) atoms. The fraction of sp³-hybridized carbons (Fsp3) is 0.158. The van der Waals surface area contributed by atoms with E-state index in [0.29, 0.717) is 6.61 Å². The van der Waals surface area contributed by atoms with Gasteiger partial charge in [-0.1, -0.05) is 12.1 Å². The molecular weight excluding hydrogens is 302 g/mol. The van der Waals surface area contributed by atoms with E-state index in [-0.39, 0.29) is 5.95 Å². The maximum atomic E-state index is 5.90. The number of nitrogens with zero attached hydrogens (tertiary/aromatic N) is 2. The van der Waals surface area contributed by atoms with Gasteiger partial charge in [-0.3, -0.25) is 0 Å². The highest BCUT2D eigenvalue weighted by Gasteiger charge is 2.08. The zero-order chi connectivity index (χ0) is 16.9. The second-order valence-corrected chi connectivity index (χ2v) is 5.19. The average Bonchev–Trinajstić information content (AvgIpc) is 2.62. The molecule has 122 valence electrons. The molecule has 0 radical (unpaired) electrons. The van der Waals surface area contributed by atoms with Crippen molar-refractivity contribution in [2.45, 2.75) is 6.92 Å². The van der Waals surface area contributed by atoms with E-state index in [2.05, 4.69) is 9.97 Å². The van der Waals surface area contributed by atoms with Crippen LogP contribution in [0, 0.1) is 0 Å². The van der Waals surface area contributed by atoms with Gasteiger partial charge in [0.1, 0.15) is 11.5 Å². The van der Waals surface area contributed by atoms with E-state index >= 15 is 0 Å². The Hall–Kier alpha value is -3.08. The lowest BCUT2D eigenvalue weighted by molar-refractivity contribution is 0.340. The van der Waals surface area contributed by atoms with Crippen LogP contribution in [-0.2, 0) is 0 Å². The fourth-order valence-corrected chi connectivity index (χ4v) is 2.43. The van der Waals surface area contributed by atoms with Crippen molar-refractivity contribution >= 4 is 5.95 Å². The molecule has 3 aromatic rings. The second-order valence-electron chi connectivity index (χ2n) is 5.19. The van der Waals surface area contributed by atoms with Crippen LogP contribution in [0.25, 0.3) is 22.5 Å². The third-order valence-corrected chi connectivity index (χ3v) is 3.57. The van der Waals surface area contributed by atoms with Crippen LogP contribution in [-0.4, -0.2) is 23.7 Å². The fourth-order valence-electron chi connectivity index (χ4n) is 2.43. The van der Waals surface area contributed by atoms with E-state index in [1.54, 1.807) is 7.11 Å². The standard InChI is InChI=1S/C19H19N3O2/c1-3-24-15-9-7-13(8-10-15)17-12-18(22-19(20)21-17)14-5-4-6-16(11-14)23-2/h4-12H,3H2,1-2H3,(H2,20,21,22). The third kappa shape index (κ3) is 3.46. The molecule has 0 aliphatic heterocycles. The maximum absolute atomic E-state index is 5.90. The summed E-state index contributed by atoms with van der Waals surface area (Å²) in [5, 5.41) is 0. The molecule has 0 unspecified atom stereocenters. The van der Waals surface area contributed by atoms with Gasteiger partial charge in [-0.15, -0.1) is 0 Å². The Kier molecular flexibility index (Phi) is 4.61. The Morgan fingerprint density at radius 1 is 0.875 bits per heavy atom. The number of ether oxygens (including phenoxy) is 2. The molecule has 5 nitrogen and oxygen atoms in total. The Bertz CT molecular complexity index is 832. The van der Waals surface area contributed by atoms with E-state index in [4.69, 9.17) is 15.2 Å². The number of nitrogen functional groups attached to an aromatic ring is 1. The van der Waals surface area contributed by atoms with Gasteiger partial charge >= 0.3 is 0 Å². The highest BCUT2D eigenvalue weighted by atomic mass is 16.5. The van der Waals surface area contributed by atoms with Gasteiger partial charge in [-0.05, 0) is 49.4 Å². The molecule has 1 aromatic heterocycles. The van der Waals surface area contributed by atoms with Crippen molar-refractivity contribution in [2.75, 3.05) is 19.5 Å². The van der Waals surface area contributed by atoms with E-state index in [1.165, 1.54) is 0 Å². The predicted octanol–water partition coefficient (Wildman–Crippen LogP) is 3.80. The van der Waals surface area contributed by atoms with Gasteiger partial charge in [0.2, 0.25) is 5.95 Å². The summed E-state index contributed by atoms with van der Waals surface area (Å²) in [4.78, 5) is 8.68. The summed E-state index contributed by atoms with van der Waals surface area (Å²) in [6, 6.07) is 17.4. The molecule has 0 spiro atoms. The Morgan fingerprint density at radius 3 is 2.25 bits per heavy atom. The molecule has 0 aliphatic rings. The zero-order valence-corrected chi connectivity index (χ0v) is 13.7. The highest BCUT2D eigenvalue weighted by molar-refractivity contribution is 5.70. The molecule has 0 aliphatic carbocycles. The molecule has 0 amide bonds. The summed E-state index contributed by atoms with van der Waals surface area (Å²) in [6.45, 7) is 2.60. The molecule has 2 aromatic carbocycles. The summed E-state index contributed by atoms with van der Waals surface area (Å²) in [5.41, 5.74) is 9.31. The van der Waals surface area contributed by atoms with Crippen LogP contribution in [0.2, 0.25) is 0 Å². The summed E-state index contributed by atoms with van der Waals surface area (Å²) < 4.78 is 10.7. The van der Waals surface area contributed by atoms with Crippen molar-refractivity contribution in [1.29, 1.82) is 0 Å². The number of methoxy groups -OCH3 is 1. The summed E-state index contributed by atoms with van der Waals surface area (Å²) >= 11 is 0. The molecule has 0 saturated carbocycles. The lowest BCUT2D eigenvalue weighted by atomic mass is 10.1. The molecule has 0 saturated heterocycles. The van der Waals surface area contributed by atoms with Gasteiger partial charge in [-0.25, -0.2) is 9.97 Å². The Morgan fingerprint density at radius 2 is 1.58 bits per heavy atom.